The van der Waals surface area contributed by atoms with E-state index in [0.29, 0.717) is 0 Å². The molecule has 1 heterocycles. The van der Waals surface area contributed by atoms with Crippen LogP contribution >= 0.6 is 0 Å². The molecule has 0 aromatic carbocycles. The second-order valence-corrected chi connectivity index (χ2v) is 5.97. The van der Waals surface area contributed by atoms with Gasteiger partial charge in [-0.1, -0.05) is 0 Å². The molecule has 0 N–H and O–H groups in total. The summed E-state index contributed by atoms with van der Waals surface area (Å²) >= 11 is 0. The summed E-state index contributed by atoms with van der Waals surface area (Å²) in [5, 5.41) is 0. The Bertz CT molecular complexity index is 433. The van der Waals surface area contributed by atoms with Crippen molar-refractivity contribution in [2.75, 3.05) is 39.7 Å². The molecule has 1 saturated heterocycles. The molecule has 0 amide bonds. The van der Waals surface area contributed by atoms with Gasteiger partial charge < -0.3 is 14.2 Å². The van der Waals surface area contributed by atoms with Crippen molar-refractivity contribution in [3.8, 4) is 0 Å². The maximum atomic E-state index is 12.0. The highest BCUT2D eigenvalue weighted by Gasteiger charge is 2.33. The molecular weight excluding hydrogens is 278 g/mol. The van der Waals surface area contributed by atoms with Crippen LogP contribution in [0.2, 0.25) is 0 Å². The van der Waals surface area contributed by atoms with E-state index in [1.165, 1.54) is 14.2 Å². The minimum atomic E-state index is -3.62. The fourth-order valence-corrected chi connectivity index (χ4v) is 2.99. The molecule has 9 heteroatoms. The van der Waals surface area contributed by atoms with Crippen molar-refractivity contribution in [1.29, 1.82) is 0 Å². The number of morpholine rings is 1. The van der Waals surface area contributed by atoms with Crippen LogP contribution in [0.1, 0.15) is 6.42 Å². The van der Waals surface area contributed by atoms with Crippen molar-refractivity contribution in [3.63, 3.8) is 0 Å². The summed E-state index contributed by atoms with van der Waals surface area (Å²) in [4.78, 5) is 22.3. The summed E-state index contributed by atoms with van der Waals surface area (Å²) in [5.41, 5.74) is 0. The minimum Gasteiger partial charge on any atom is -0.469 e. The lowest BCUT2D eigenvalue weighted by Gasteiger charge is -2.30. The van der Waals surface area contributed by atoms with Gasteiger partial charge in [-0.05, 0) is 0 Å². The lowest BCUT2D eigenvalue weighted by atomic mass is 10.3. The third-order valence-electron chi connectivity index (χ3n) is 2.68. The van der Waals surface area contributed by atoms with E-state index >= 15 is 0 Å². The average Bonchev–Trinajstić information content (AvgIpc) is 2.44. The minimum absolute atomic E-state index is 0.101. The standard InChI is InChI=1S/C10H17NO7S/c1-16-9(12)3-6-19(14,15)11-4-5-18-8(7-11)10(13)17-2/h8H,3-7H2,1-2H3. The number of hydrogen-bond acceptors (Lipinski definition) is 7. The quantitative estimate of drug-likeness (QED) is 0.584. The first-order chi connectivity index (χ1) is 8.90. The Morgan fingerprint density at radius 2 is 2.00 bits per heavy atom. The predicted octanol–water partition coefficient (Wildman–Crippen LogP) is -1.25. The fourth-order valence-electron chi connectivity index (χ4n) is 1.60. The highest BCUT2D eigenvalue weighted by molar-refractivity contribution is 7.89. The molecule has 1 aliphatic heterocycles. The Hall–Kier alpha value is -1.19. The summed E-state index contributed by atoms with van der Waals surface area (Å²) in [6, 6.07) is 0. The van der Waals surface area contributed by atoms with Gasteiger partial charge in [0.1, 0.15) is 0 Å². The van der Waals surface area contributed by atoms with E-state index in [-0.39, 0.29) is 31.9 Å². The first-order valence-corrected chi connectivity index (χ1v) is 7.25. The molecule has 1 rings (SSSR count). The molecule has 0 aromatic rings. The fraction of sp³-hybridized carbons (Fsp3) is 0.800. The van der Waals surface area contributed by atoms with Gasteiger partial charge >= 0.3 is 11.9 Å². The molecule has 0 spiro atoms. The summed E-state index contributed by atoms with van der Waals surface area (Å²) < 4.78 is 39.1. The van der Waals surface area contributed by atoms with Crippen LogP contribution in [-0.4, -0.2) is 70.4 Å². The molecule has 0 saturated carbocycles. The topological polar surface area (TPSA) is 99.2 Å². The number of methoxy groups -OCH3 is 2. The zero-order valence-corrected chi connectivity index (χ0v) is 11.6. The van der Waals surface area contributed by atoms with Gasteiger partial charge in [-0.25, -0.2) is 13.2 Å². The van der Waals surface area contributed by atoms with Crippen molar-refractivity contribution < 1.29 is 32.2 Å². The number of ether oxygens (including phenoxy) is 3. The molecule has 1 fully saturated rings. The molecule has 1 aliphatic rings. The predicted molar refractivity (Wildman–Crippen MR) is 63.7 cm³/mol. The molecule has 1 unspecified atom stereocenters. The Balaban J connectivity index is 2.62. The van der Waals surface area contributed by atoms with E-state index in [0.717, 1.165) is 4.31 Å². The van der Waals surface area contributed by atoms with E-state index in [1.807, 2.05) is 0 Å². The average molecular weight is 295 g/mol. The third-order valence-corrected chi connectivity index (χ3v) is 4.52. The van der Waals surface area contributed by atoms with Crippen LogP contribution < -0.4 is 0 Å². The molecule has 8 nitrogen and oxygen atoms in total. The summed E-state index contributed by atoms with van der Waals surface area (Å²) in [6.45, 7) is 0.157. The summed E-state index contributed by atoms with van der Waals surface area (Å²) in [6.07, 6.45) is -1.15. The first kappa shape index (κ1) is 15.9. The second kappa shape index (κ2) is 6.83. The molecule has 0 aliphatic carbocycles. The van der Waals surface area contributed by atoms with Gasteiger partial charge in [-0.15, -0.1) is 0 Å². The van der Waals surface area contributed by atoms with Crippen LogP contribution in [0, 0.1) is 0 Å². The Kier molecular flexibility index (Phi) is 5.70. The van der Waals surface area contributed by atoms with E-state index in [2.05, 4.69) is 9.47 Å². The van der Waals surface area contributed by atoms with E-state index < -0.39 is 28.1 Å². The number of carbonyl (C=O) groups is 2. The van der Waals surface area contributed by atoms with Gasteiger partial charge in [0.25, 0.3) is 0 Å². The number of sulfonamides is 1. The number of nitrogens with zero attached hydrogens (tertiary/aromatic N) is 1. The van der Waals surface area contributed by atoms with Gasteiger partial charge in [0.15, 0.2) is 6.10 Å². The van der Waals surface area contributed by atoms with Crippen LogP contribution in [0.25, 0.3) is 0 Å². The molecule has 1 atom stereocenters. The highest BCUT2D eigenvalue weighted by atomic mass is 32.2. The Morgan fingerprint density at radius 3 is 2.58 bits per heavy atom. The third kappa shape index (κ3) is 4.44. The number of hydrogen-bond donors (Lipinski definition) is 0. The molecule has 0 aromatic heterocycles. The molecule has 0 bridgehead atoms. The maximum absolute atomic E-state index is 12.0. The van der Waals surface area contributed by atoms with Crippen molar-refractivity contribution in [2.24, 2.45) is 0 Å². The largest absolute Gasteiger partial charge is 0.469 e. The number of esters is 2. The van der Waals surface area contributed by atoms with E-state index in [1.54, 1.807) is 0 Å². The van der Waals surface area contributed by atoms with Crippen LogP contribution in [0.4, 0.5) is 0 Å². The number of rotatable bonds is 5. The molecule has 110 valence electrons. The Morgan fingerprint density at radius 1 is 1.32 bits per heavy atom. The zero-order chi connectivity index (χ0) is 14.5. The van der Waals surface area contributed by atoms with Gasteiger partial charge in [-0.2, -0.15) is 4.31 Å². The van der Waals surface area contributed by atoms with Gasteiger partial charge in [0.2, 0.25) is 10.0 Å². The van der Waals surface area contributed by atoms with Crippen molar-refractivity contribution in [2.45, 2.75) is 12.5 Å². The zero-order valence-electron chi connectivity index (χ0n) is 10.8. The van der Waals surface area contributed by atoms with Crippen molar-refractivity contribution in [1.82, 2.24) is 4.31 Å². The summed E-state index contributed by atoms with van der Waals surface area (Å²) in [7, 11) is -1.22. The van der Waals surface area contributed by atoms with Crippen LogP contribution in [0.5, 0.6) is 0 Å². The number of carbonyl (C=O) groups excluding carboxylic acids is 2. The molecule has 19 heavy (non-hydrogen) atoms. The van der Waals surface area contributed by atoms with Gasteiger partial charge in [-0.3, -0.25) is 4.79 Å². The van der Waals surface area contributed by atoms with Crippen molar-refractivity contribution in [3.05, 3.63) is 0 Å². The van der Waals surface area contributed by atoms with Crippen LogP contribution in [0.3, 0.4) is 0 Å². The van der Waals surface area contributed by atoms with Crippen molar-refractivity contribution >= 4 is 22.0 Å². The lowest BCUT2D eigenvalue weighted by Crippen LogP contribution is -2.49. The monoisotopic (exact) mass is 295 g/mol. The SMILES string of the molecule is COC(=O)CCS(=O)(=O)N1CCOC(C(=O)OC)C1. The smallest absolute Gasteiger partial charge is 0.336 e. The normalized spacial score (nSPS) is 20.8. The van der Waals surface area contributed by atoms with Gasteiger partial charge in [0.05, 0.1) is 39.5 Å². The lowest BCUT2D eigenvalue weighted by molar-refractivity contribution is -0.157. The highest BCUT2D eigenvalue weighted by Crippen LogP contribution is 2.12. The summed E-state index contributed by atoms with van der Waals surface area (Å²) in [5.74, 6) is -1.57. The van der Waals surface area contributed by atoms with E-state index in [4.69, 9.17) is 4.74 Å². The van der Waals surface area contributed by atoms with Crippen LogP contribution in [0.15, 0.2) is 0 Å². The van der Waals surface area contributed by atoms with Gasteiger partial charge in [0, 0.05) is 6.54 Å². The molecular formula is C10H17NO7S. The van der Waals surface area contributed by atoms with Crippen LogP contribution in [-0.2, 0) is 33.8 Å². The second-order valence-electron chi connectivity index (χ2n) is 3.88. The molecule has 0 radical (unpaired) electrons. The first-order valence-electron chi connectivity index (χ1n) is 5.64. The maximum Gasteiger partial charge on any atom is 0.336 e. The van der Waals surface area contributed by atoms with E-state index in [9.17, 15) is 18.0 Å². The Labute approximate surface area is 111 Å².